The molecule has 0 unspecified atom stereocenters. The molecule has 0 heterocycles. The van der Waals surface area contributed by atoms with Crippen molar-refractivity contribution in [2.45, 2.75) is 26.5 Å². The molecule has 0 fully saturated rings. The van der Waals surface area contributed by atoms with E-state index < -0.39 is 72.8 Å². The highest BCUT2D eigenvalue weighted by Gasteiger charge is 2.44. The van der Waals surface area contributed by atoms with Gasteiger partial charge < -0.3 is 50.5 Å². The van der Waals surface area contributed by atoms with E-state index in [1.807, 2.05) is 6.92 Å². The Bertz CT molecular complexity index is 1430. The van der Waals surface area contributed by atoms with E-state index in [-0.39, 0.29) is 19.6 Å². The third kappa shape index (κ3) is 6.43. The van der Waals surface area contributed by atoms with Gasteiger partial charge in [0.15, 0.2) is 34.5 Å². The van der Waals surface area contributed by atoms with E-state index in [2.05, 4.69) is 0 Å². The van der Waals surface area contributed by atoms with E-state index in [0.717, 1.165) is 42.0 Å². The summed E-state index contributed by atoms with van der Waals surface area (Å²) < 4.78 is 31.2. The highest BCUT2D eigenvalue weighted by atomic mass is 32.2. The summed E-state index contributed by atoms with van der Waals surface area (Å²) in [5.41, 5.74) is 0.928. The Morgan fingerprint density at radius 2 is 0.795 bits per heavy atom. The van der Waals surface area contributed by atoms with E-state index >= 15 is 0 Å². The van der Waals surface area contributed by atoms with E-state index in [9.17, 15) is 58.9 Å². The number of aryl methyl sites for hydroxylation is 1. The van der Waals surface area contributed by atoms with Crippen LogP contribution in [0.5, 0.6) is 51.7 Å². The number of aromatic hydroxyl groups is 9. The van der Waals surface area contributed by atoms with Crippen molar-refractivity contribution < 1.29 is 58.9 Å². The smallest absolute Gasteiger partial charge is 0.250 e. The molecule has 0 aromatic heterocycles. The van der Waals surface area contributed by atoms with E-state index in [1.165, 1.54) is 12.1 Å². The van der Waals surface area contributed by atoms with Crippen LogP contribution in [0.25, 0.3) is 0 Å². The van der Waals surface area contributed by atoms with Crippen LogP contribution in [0.3, 0.4) is 0 Å². The lowest BCUT2D eigenvalue weighted by molar-refractivity contribution is 0.403. The minimum Gasteiger partial charge on any atom is -0.744 e. The molecular formula is C25H22O12S2. The fraction of sp³-hybridized carbons (Fsp3) is 0.0400. The van der Waals surface area contributed by atoms with Crippen molar-refractivity contribution in [2.75, 3.05) is 0 Å². The Balaban J connectivity index is 0.000000320. The van der Waals surface area contributed by atoms with E-state index in [4.69, 9.17) is 0 Å². The summed E-state index contributed by atoms with van der Waals surface area (Å²) in [4.78, 5) is -1.25. The highest BCUT2D eigenvalue weighted by molar-refractivity contribution is 7.97. The van der Waals surface area contributed by atoms with Crippen LogP contribution in [0.15, 0.2) is 80.2 Å². The molecule has 0 amide bonds. The van der Waals surface area contributed by atoms with Crippen molar-refractivity contribution >= 4 is 21.0 Å². The molecule has 0 bridgehead atoms. The average Bonchev–Trinajstić information content (AvgIpc) is 2.77. The number of hydrogen-bond donors (Lipinski definition) is 9. The summed E-state index contributed by atoms with van der Waals surface area (Å²) in [7, 11) is -6.21. The van der Waals surface area contributed by atoms with Crippen molar-refractivity contribution in [3.63, 3.8) is 0 Å². The first-order valence-corrected chi connectivity index (χ1v) is 13.2. The molecule has 14 heteroatoms. The van der Waals surface area contributed by atoms with Crippen LogP contribution >= 0.6 is 0 Å². The fourth-order valence-corrected chi connectivity index (χ4v) is 6.08. The van der Waals surface area contributed by atoms with Crippen molar-refractivity contribution in [2.24, 2.45) is 0 Å². The standard InChI is InChI=1S/C18H14O9S.C7H8O3S/c19-7-1-10(22)16(11(23)2-7)28(17-12(24)3-8(20)4-13(17)25)18-14(26)5-9(21)6-15(18)27;1-6-2-4-7(5-3-6)11(8,9)10/h1-6H,(H8-,19,20,21,22,23,24,25,26,27);2-5H,1H3,(H,8,9,10). The Morgan fingerprint density at radius 1 is 0.538 bits per heavy atom. The van der Waals surface area contributed by atoms with Gasteiger partial charge in [0.1, 0.15) is 38.3 Å². The Hall–Kier alpha value is -4.66. The lowest BCUT2D eigenvalue weighted by atomic mass is 10.2. The van der Waals surface area contributed by atoms with Gasteiger partial charge in [-0.05, 0) is 19.1 Å². The van der Waals surface area contributed by atoms with E-state index in [1.54, 1.807) is 12.1 Å². The Labute approximate surface area is 224 Å². The molecule has 0 saturated heterocycles. The van der Waals surface area contributed by atoms with Gasteiger partial charge in [-0.2, -0.15) is 0 Å². The van der Waals surface area contributed by atoms with Crippen LogP contribution in [0.4, 0.5) is 0 Å². The summed E-state index contributed by atoms with van der Waals surface area (Å²) in [6.45, 7) is 1.82. The normalized spacial score (nSPS) is 11.2. The lowest BCUT2D eigenvalue weighted by Gasteiger charge is -2.15. The molecule has 0 aliphatic heterocycles. The first-order valence-electron chi connectivity index (χ1n) is 10.6. The fourth-order valence-electron chi connectivity index (χ4n) is 3.39. The van der Waals surface area contributed by atoms with E-state index in [0.29, 0.717) is 0 Å². The van der Waals surface area contributed by atoms with Gasteiger partial charge in [0, 0.05) is 36.4 Å². The first kappa shape index (κ1) is 28.9. The maximum absolute atomic E-state index is 10.4. The number of phenolic OH excluding ortho intramolecular Hbond substituents is 9. The van der Waals surface area contributed by atoms with Crippen molar-refractivity contribution in [3.05, 3.63) is 66.2 Å². The van der Waals surface area contributed by atoms with Gasteiger partial charge in [0.05, 0.1) is 4.90 Å². The Morgan fingerprint density at radius 3 is 1.03 bits per heavy atom. The maximum atomic E-state index is 10.4. The van der Waals surface area contributed by atoms with Crippen LogP contribution in [0.2, 0.25) is 0 Å². The van der Waals surface area contributed by atoms with Gasteiger partial charge >= 0.3 is 0 Å². The molecule has 0 aliphatic carbocycles. The molecule has 39 heavy (non-hydrogen) atoms. The molecule has 4 rings (SSSR count). The summed E-state index contributed by atoms with van der Waals surface area (Å²) in [5, 5.41) is 90.5. The third-order valence-corrected chi connectivity index (χ3v) is 8.35. The maximum Gasteiger partial charge on any atom is 0.250 e. The largest absolute Gasteiger partial charge is 0.744 e. The van der Waals surface area contributed by atoms with Crippen LogP contribution in [-0.2, 0) is 21.0 Å². The van der Waals surface area contributed by atoms with Gasteiger partial charge in [-0.15, -0.1) is 0 Å². The minimum absolute atomic E-state index is 0.178. The summed E-state index contributed by atoms with van der Waals surface area (Å²) in [6, 6.07) is 11.0. The first-order chi connectivity index (χ1) is 18.1. The van der Waals surface area contributed by atoms with Gasteiger partial charge in [0.25, 0.3) is 0 Å². The number of phenols is 9. The summed E-state index contributed by atoms with van der Waals surface area (Å²) >= 11 is 0. The molecule has 0 aliphatic rings. The number of benzene rings is 4. The summed E-state index contributed by atoms with van der Waals surface area (Å²) in [6.07, 6.45) is 0. The zero-order chi connectivity index (χ0) is 29.2. The molecule has 4 aromatic rings. The highest BCUT2D eigenvalue weighted by Crippen LogP contribution is 2.53. The molecular weight excluding hydrogens is 556 g/mol. The van der Waals surface area contributed by atoms with Gasteiger partial charge in [0.2, 0.25) is 14.7 Å². The molecule has 0 saturated carbocycles. The average molecular weight is 579 g/mol. The summed E-state index contributed by atoms with van der Waals surface area (Å²) in [5.74, 6) is -5.46. The second-order valence-electron chi connectivity index (χ2n) is 8.01. The van der Waals surface area contributed by atoms with Crippen LogP contribution in [-0.4, -0.2) is 58.9 Å². The lowest BCUT2D eigenvalue weighted by Crippen LogP contribution is -2.07. The zero-order valence-electron chi connectivity index (χ0n) is 19.8. The van der Waals surface area contributed by atoms with Gasteiger partial charge in [-0.1, -0.05) is 17.7 Å². The number of rotatable bonds is 4. The minimum atomic E-state index is -4.27. The number of hydrogen-bond acceptors (Lipinski definition) is 12. The molecule has 0 spiro atoms. The molecule has 4 aromatic carbocycles. The van der Waals surface area contributed by atoms with Crippen molar-refractivity contribution in [3.8, 4) is 51.7 Å². The molecule has 12 nitrogen and oxygen atoms in total. The zero-order valence-corrected chi connectivity index (χ0v) is 21.5. The Kier molecular flexibility index (Phi) is 8.14. The third-order valence-electron chi connectivity index (χ3n) is 5.03. The molecule has 9 N–H and O–H groups in total. The van der Waals surface area contributed by atoms with Gasteiger partial charge in [-0.25, -0.2) is 8.42 Å². The molecule has 206 valence electrons. The quantitative estimate of drug-likeness (QED) is 0.125. The predicted molar refractivity (Wildman–Crippen MR) is 136 cm³/mol. The van der Waals surface area contributed by atoms with Crippen LogP contribution < -0.4 is 0 Å². The monoisotopic (exact) mass is 578 g/mol. The van der Waals surface area contributed by atoms with Crippen molar-refractivity contribution in [1.29, 1.82) is 0 Å². The second kappa shape index (κ2) is 11.0. The topological polar surface area (TPSA) is 239 Å². The SMILES string of the molecule is Cc1ccc(S(=O)(=O)[O-])cc1.Oc1cc(O)c([S+](c2c(O)cc(O)cc2O)c2c(O)cc(O)cc2O)c(O)c1. The van der Waals surface area contributed by atoms with Crippen LogP contribution in [0, 0.1) is 6.92 Å². The molecule has 0 radical (unpaired) electrons. The second-order valence-corrected chi connectivity index (χ2v) is 11.2. The van der Waals surface area contributed by atoms with Gasteiger partial charge in [-0.3, -0.25) is 0 Å². The van der Waals surface area contributed by atoms with Crippen molar-refractivity contribution in [1.82, 2.24) is 0 Å². The predicted octanol–water partition coefficient (Wildman–Crippen LogP) is 3.03. The molecule has 0 atom stereocenters. The van der Waals surface area contributed by atoms with Crippen LogP contribution in [0.1, 0.15) is 5.56 Å².